The lowest BCUT2D eigenvalue weighted by molar-refractivity contribution is -0.140. The van der Waals surface area contributed by atoms with Crippen molar-refractivity contribution in [2.45, 2.75) is 71.0 Å². The van der Waals surface area contributed by atoms with Gasteiger partial charge in [0.15, 0.2) is 0 Å². The van der Waals surface area contributed by atoms with E-state index in [4.69, 9.17) is 23.2 Å². The lowest BCUT2D eigenvalue weighted by Gasteiger charge is -2.34. The highest BCUT2D eigenvalue weighted by Gasteiger charge is 2.33. The SMILES string of the molecule is CC[C@@H](C(=O)NC1CCCCC1)N(Cc1ccc(Cl)cc1)C(=O)CN(c1cccc(Cl)c1C)S(C)(=O)=O. The molecule has 1 N–H and O–H groups in total. The first-order valence-electron chi connectivity index (χ1n) is 12.6. The van der Waals surface area contributed by atoms with Crippen LogP contribution in [-0.2, 0) is 26.2 Å². The van der Waals surface area contributed by atoms with Crippen LogP contribution in [0.15, 0.2) is 42.5 Å². The molecule has 1 aliphatic carbocycles. The van der Waals surface area contributed by atoms with Crippen LogP contribution >= 0.6 is 23.2 Å². The van der Waals surface area contributed by atoms with E-state index in [1.54, 1.807) is 49.4 Å². The molecule has 1 saturated carbocycles. The molecule has 2 aromatic carbocycles. The van der Waals surface area contributed by atoms with E-state index in [1.165, 1.54) is 4.90 Å². The number of hydrogen-bond donors (Lipinski definition) is 1. The molecule has 2 aromatic rings. The van der Waals surface area contributed by atoms with Crippen molar-refractivity contribution in [3.63, 3.8) is 0 Å². The Bertz CT molecular complexity index is 1200. The zero-order valence-corrected chi connectivity index (χ0v) is 23.9. The molecule has 3 rings (SSSR count). The lowest BCUT2D eigenvalue weighted by Crippen LogP contribution is -2.54. The van der Waals surface area contributed by atoms with Crippen LogP contribution in [0.1, 0.15) is 56.6 Å². The van der Waals surface area contributed by atoms with E-state index in [1.807, 2.05) is 6.92 Å². The van der Waals surface area contributed by atoms with Gasteiger partial charge < -0.3 is 10.2 Å². The Morgan fingerprint density at radius 2 is 1.70 bits per heavy atom. The predicted octanol–water partition coefficient (Wildman–Crippen LogP) is 5.32. The molecular weight excluding hydrogens is 533 g/mol. The molecule has 0 aliphatic heterocycles. The van der Waals surface area contributed by atoms with Gasteiger partial charge in [-0.3, -0.25) is 13.9 Å². The minimum Gasteiger partial charge on any atom is -0.352 e. The Kier molecular flexibility index (Phi) is 10.3. The highest BCUT2D eigenvalue weighted by Crippen LogP contribution is 2.29. The number of hydrogen-bond acceptors (Lipinski definition) is 4. The molecule has 37 heavy (non-hydrogen) atoms. The van der Waals surface area contributed by atoms with Crippen molar-refractivity contribution < 1.29 is 18.0 Å². The molecule has 0 bridgehead atoms. The predicted molar refractivity (Wildman–Crippen MR) is 149 cm³/mol. The summed E-state index contributed by atoms with van der Waals surface area (Å²) in [6, 6.07) is 11.3. The van der Waals surface area contributed by atoms with Gasteiger partial charge in [0, 0.05) is 22.6 Å². The Morgan fingerprint density at radius 3 is 2.30 bits per heavy atom. The van der Waals surface area contributed by atoms with Gasteiger partial charge in [0.25, 0.3) is 0 Å². The van der Waals surface area contributed by atoms with Gasteiger partial charge in [-0.2, -0.15) is 0 Å². The second-order valence-electron chi connectivity index (χ2n) is 9.57. The van der Waals surface area contributed by atoms with E-state index in [-0.39, 0.29) is 18.5 Å². The van der Waals surface area contributed by atoms with Crippen molar-refractivity contribution in [3.05, 3.63) is 63.6 Å². The first-order chi connectivity index (χ1) is 17.5. The minimum atomic E-state index is -3.83. The van der Waals surface area contributed by atoms with Crippen LogP contribution in [0.3, 0.4) is 0 Å². The summed E-state index contributed by atoms with van der Waals surface area (Å²) in [5.41, 5.74) is 1.66. The third-order valence-corrected chi connectivity index (χ3v) is 8.58. The number of nitrogens with zero attached hydrogens (tertiary/aromatic N) is 2. The first-order valence-corrected chi connectivity index (χ1v) is 15.2. The summed E-state index contributed by atoms with van der Waals surface area (Å²) in [6.45, 7) is 3.24. The van der Waals surface area contributed by atoms with Crippen LogP contribution in [0.5, 0.6) is 0 Å². The van der Waals surface area contributed by atoms with Crippen molar-refractivity contribution in [2.24, 2.45) is 0 Å². The van der Waals surface area contributed by atoms with E-state index < -0.39 is 28.5 Å². The number of benzene rings is 2. The molecule has 7 nitrogen and oxygen atoms in total. The standard InChI is InChI=1S/C27H35Cl2N3O4S/c1-4-24(27(34)30-22-9-6-5-7-10-22)31(17-20-13-15-21(28)16-14-20)26(33)18-32(37(3,35)36)25-12-8-11-23(29)19(25)2/h8,11-16,22,24H,4-7,9-10,17-18H2,1-3H3,(H,30,34)/t24-/m0/s1. The van der Waals surface area contributed by atoms with Gasteiger partial charge >= 0.3 is 0 Å². The van der Waals surface area contributed by atoms with E-state index >= 15 is 0 Å². The van der Waals surface area contributed by atoms with Crippen molar-refractivity contribution in [2.75, 3.05) is 17.1 Å². The number of carbonyl (C=O) groups is 2. The molecule has 0 radical (unpaired) electrons. The molecule has 0 aromatic heterocycles. The van der Waals surface area contributed by atoms with Crippen molar-refractivity contribution in [1.29, 1.82) is 0 Å². The Balaban J connectivity index is 1.93. The highest BCUT2D eigenvalue weighted by atomic mass is 35.5. The maximum absolute atomic E-state index is 13.8. The van der Waals surface area contributed by atoms with Crippen LogP contribution in [0.25, 0.3) is 0 Å². The molecule has 2 amide bonds. The van der Waals surface area contributed by atoms with Crippen LogP contribution in [0.4, 0.5) is 5.69 Å². The molecule has 1 atom stereocenters. The zero-order chi connectivity index (χ0) is 27.2. The summed E-state index contributed by atoms with van der Waals surface area (Å²) >= 11 is 12.3. The van der Waals surface area contributed by atoms with Crippen LogP contribution in [0, 0.1) is 6.92 Å². The van der Waals surface area contributed by atoms with Gasteiger partial charge in [-0.1, -0.05) is 67.6 Å². The van der Waals surface area contributed by atoms with Crippen molar-refractivity contribution >= 4 is 50.7 Å². The minimum absolute atomic E-state index is 0.0874. The Morgan fingerprint density at radius 1 is 1.05 bits per heavy atom. The summed E-state index contributed by atoms with van der Waals surface area (Å²) < 4.78 is 26.7. The second kappa shape index (κ2) is 13.0. The number of amides is 2. The van der Waals surface area contributed by atoms with Gasteiger partial charge in [-0.05, 0) is 61.6 Å². The first kappa shape index (κ1) is 29.3. The topological polar surface area (TPSA) is 86.8 Å². The number of nitrogens with one attached hydrogen (secondary N) is 1. The fraction of sp³-hybridized carbons (Fsp3) is 0.481. The van der Waals surface area contributed by atoms with Crippen molar-refractivity contribution in [3.8, 4) is 0 Å². The summed E-state index contributed by atoms with van der Waals surface area (Å²) in [6.07, 6.45) is 6.57. The van der Waals surface area contributed by atoms with E-state index in [0.717, 1.165) is 48.2 Å². The zero-order valence-electron chi connectivity index (χ0n) is 21.5. The van der Waals surface area contributed by atoms with Gasteiger partial charge in [0.1, 0.15) is 12.6 Å². The average Bonchev–Trinajstić information content (AvgIpc) is 2.85. The summed E-state index contributed by atoms with van der Waals surface area (Å²) in [5.74, 6) is -0.702. The smallest absolute Gasteiger partial charge is 0.244 e. The van der Waals surface area contributed by atoms with E-state index in [0.29, 0.717) is 27.7 Å². The summed E-state index contributed by atoms with van der Waals surface area (Å²) in [5, 5.41) is 4.09. The van der Waals surface area contributed by atoms with Crippen LogP contribution in [-0.4, -0.2) is 50.0 Å². The molecule has 0 saturated heterocycles. The van der Waals surface area contributed by atoms with E-state index in [9.17, 15) is 18.0 Å². The largest absolute Gasteiger partial charge is 0.352 e. The average molecular weight is 569 g/mol. The second-order valence-corrected chi connectivity index (χ2v) is 12.3. The van der Waals surface area contributed by atoms with E-state index in [2.05, 4.69) is 5.32 Å². The summed E-state index contributed by atoms with van der Waals surface area (Å²) in [7, 11) is -3.83. The molecule has 1 fully saturated rings. The van der Waals surface area contributed by atoms with Crippen LogP contribution < -0.4 is 9.62 Å². The van der Waals surface area contributed by atoms with Gasteiger partial charge in [-0.25, -0.2) is 8.42 Å². The number of sulfonamides is 1. The fourth-order valence-corrected chi connectivity index (χ4v) is 5.91. The molecular formula is C27H35Cl2N3O4S. The third-order valence-electron chi connectivity index (χ3n) is 6.79. The molecule has 0 heterocycles. The molecule has 0 spiro atoms. The Hall–Kier alpha value is -2.29. The molecule has 1 aliphatic rings. The van der Waals surface area contributed by atoms with Gasteiger partial charge in [0.05, 0.1) is 11.9 Å². The normalized spacial score (nSPS) is 15.2. The molecule has 202 valence electrons. The quantitative estimate of drug-likeness (QED) is 0.420. The molecule has 0 unspecified atom stereocenters. The lowest BCUT2D eigenvalue weighted by atomic mass is 9.95. The monoisotopic (exact) mass is 567 g/mol. The summed E-state index contributed by atoms with van der Waals surface area (Å²) in [4.78, 5) is 28.7. The number of carbonyl (C=O) groups excluding carboxylic acids is 2. The highest BCUT2D eigenvalue weighted by molar-refractivity contribution is 7.92. The van der Waals surface area contributed by atoms with Gasteiger partial charge in [0.2, 0.25) is 21.8 Å². The third kappa shape index (κ3) is 7.85. The Labute approximate surface area is 230 Å². The fourth-order valence-electron chi connectivity index (χ4n) is 4.71. The molecule has 10 heteroatoms. The van der Waals surface area contributed by atoms with Crippen molar-refractivity contribution in [1.82, 2.24) is 10.2 Å². The van der Waals surface area contributed by atoms with Gasteiger partial charge in [-0.15, -0.1) is 0 Å². The number of halogens is 2. The van der Waals surface area contributed by atoms with Crippen LogP contribution in [0.2, 0.25) is 10.0 Å². The maximum Gasteiger partial charge on any atom is 0.244 e. The maximum atomic E-state index is 13.8. The number of anilines is 1. The number of rotatable bonds is 10.